The molecule has 2 rings (SSSR count). The monoisotopic (exact) mass is 268 g/mol. The first-order chi connectivity index (χ1) is 7.66. The Hall–Kier alpha value is -0.760. The second-order valence-electron chi connectivity index (χ2n) is 4.85. The standard InChI is InChI=1S/C9H13F2NO4S/c10-9(11,17(14,15)16)7(13)12-8-3-1-6(5-8)2-4-8/h6H,1-5H2,(H,12,13)(H,14,15,16)/p-1. The Morgan fingerprint density at radius 3 is 2.24 bits per heavy atom. The molecule has 0 heterocycles. The molecule has 0 aromatic carbocycles. The molecule has 2 aliphatic rings. The number of rotatable bonds is 3. The Bertz CT molecular complexity index is 440. The molecule has 0 atom stereocenters. The molecule has 1 N–H and O–H groups in total. The Morgan fingerprint density at radius 2 is 1.88 bits per heavy atom. The summed E-state index contributed by atoms with van der Waals surface area (Å²) in [6.07, 6.45) is 3.41. The summed E-state index contributed by atoms with van der Waals surface area (Å²) in [6, 6.07) is 0. The predicted octanol–water partition coefficient (Wildman–Crippen LogP) is 0.573. The summed E-state index contributed by atoms with van der Waals surface area (Å²) in [7, 11) is -5.96. The molecule has 0 aromatic rings. The van der Waals surface area contributed by atoms with Crippen molar-refractivity contribution in [3.63, 3.8) is 0 Å². The first-order valence-corrected chi connectivity index (χ1v) is 6.73. The summed E-state index contributed by atoms with van der Waals surface area (Å²) in [5.74, 6) is -1.58. The van der Waals surface area contributed by atoms with E-state index in [-0.39, 0.29) is 0 Å². The zero-order valence-corrected chi connectivity index (χ0v) is 9.73. The van der Waals surface area contributed by atoms with E-state index >= 15 is 0 Å². The summed E-state index contributed by atoms with van der Waals surface area (Å²) in [6.45, 7) is 0. The molecule has 0 saturated heterocycles. The molecule has 2 bridgehead atoms. The van der Waals surface area contributed by atoms with Crippen LogP contribution < -0.4 is 5.32 Å². The van der Waals surface area contributed by atoms with E-state index in [1.54, 1.807) is 0 Å². The van der Waals surface area contributed by atoms with Gasteiger partial charge in [-0.1, -0.05) is 0 Å². The summed E-state index contributed by atoms with van der Waals surface area (Å²) < 4.78 is 56.9. The van der Waals surface area contributed by atoms with E-state index in [9.17, 15) is 26.5 Å². The Labute approximate surface area is 97.3 Å². The van der Waals surface area contributed by atoms with E-state index in [4.69, 9.17) is 0 Å². The maximum absolute atomic E-state index is 13.0. The summed E-state index contributed by atoms with van der Waals surface area (Å²) in [5.41, 5.74) is -0.726. The highest BCUT2D eigenvalue weighted by molar-refractivity contribution is 7.87. The molecule has 0 unspecified atom stereocenters. The minimum atomic E-state index is -5.96. The zero-order valence-electron chi connectivity index (χ0n) is 8.91. The molecule has 1 amide bonds. The lowest BCUT2D eigenvalue weighted by Crippen LogP contribution is -2.54. The number of hydrogen-bond donors (Lipinski definition) is 1. The van der Waals surface area contributed by atoms with Gasteiger partial charge in [0.1, 0.15) is 0 Å². The van der Waals surface area contributed by atoms with E-state index in [0.29, 0.717) is 25.2 Å². The maximum Gasteiger partial charge on any atom is 0.410 e. The van der Waals surface area contributed by atoms with Gasteiger partial charge in [-0.3, -0.25) is 4.79 Å². The Balaban J connectivity index is 2.12. The van der Waals surface area contributed by atoms with Crippen molar-refractivity contribution in [3.05, 3.63) is 0 Å². The van der Waals surface area contributed by atoms with E-state index in [1.165, 1.54) is 0 Å². The fourth-order valence-corrected chi connectivity index (χ4v) is 3.07. The van der Waals surface area contributed by atoms with E-state index in [2.05, 4.69) is 5.32 Å². The molecule has 5 nitrogen and oxygen atoms in total. The third kappa shape index (κ3) is 2.03. The van der Waals surface area contributed by atoms with Crippen molar-refractivity contribution in [2.45, 2.75) is 42.9 Å². The van der Waals surface area contributed by atoms with Gasteiger partial charge in [0.25, 0.3) is 0 Å². The normalized spacial score (nSPS) is 32.8. The van der Waals surface area contributed by atoms with Crippen LogP contribution in [0.5, 0.6) is 0 Å². The number of fused-ring (bicyclic) bond motifs is 2. The molecule has 0 spiro atoms. The second-order valence-corrected chi connectivity index (χ2v) is 6.27. The highest BCUT2D eigenvalue weighted by Gasteiger charge is 2.52. The molecule has 2 saturated carbocycles. The average Bonchev–Trinajstić information content (AvgIpc) is 2.75. The lowest BCUT2D eigenvalue weighted by molar-refractivity contribution is -0.138. The van der Waals surface area contributed by atoms with Gasteiger partial charge in [0, 0.05) is 5.54 Å². The first-order valence-electron chi connectivity index (χ1n) is 5.32. The van der Waals surface area contributed by atoms with Crippen LogP contribution in [0, 0.1) is 5.92 Å². The van der Waals surface area contributed by atoms with Gasteiger partial charge in [0.2, 0.25) is 0 Å². The smallest absolute Gasteiger partial charge is 0.410 e. The molecule has 0 radical (unpaired) electrons. The predicted molar refractivity (Wildman–Crippen MR) is 52.1 cm³/mol. The number of halogens is 2. The highest BCUT2D eigenvalue weighted by Crippen LogP contribution is 2.47. The fourth-order valence-electron chi connectivity index (χ4n) is 2.79. The van der Waals surface area contributed by atoms with E-state index in [1.807, 2.05) is 0 Å². The lowest BCUT2D eigenvalue weighted by Gasteiger charge is -2.30. The Kier molecular flexibility index (Phi) is 2.70. The van der Waals surface area contributed by atoms with Crippen LogP contribution in [0.25, 0.3) is 0 Å². The van der Waals surface area contributed by atoms with Gasteiger partial charge in [-0.2, -0.15) is 8.78 Å². The number of nitrogens with one attached hydrogen (secondary N) is 1. The van der Waals surface area contributed by atoms with Crippen molar-refractivity contribution in [1.82, 2.24) is 5.32 Å². The van der Waals surface area contributed by atoms with Crippen LogP contribution in [-0.2, 0) is 14.9 Å². The van der Waals surface area contributed by atoms with Crippen LogP contribution in [0.3, 0.4) is 0 Å². The van der Waals surface area contributed by atoms with Gasteiger partial charge in [-0.15, -0.1) is 0 Å². The molecule has 0 aliphatic heterocycles. The average molecular weight is 268 g/mol. The van der Waals surface area contributed by atoms with Crippen LogP contribution in [-0.4, -0.2) is 29.7 Å². The van der Waals surface area contributed by atoms with Crippen molar-refractivity contribution in [1.29, 1.82) is 0 Å². The topological polar surface area (TPSA) is 86.3 Å². The summed E-state index contributed by atoms with van der Waals surface area (Å²) in [5, 5.41) is -2.82. The lowest BCUT2D eigenvalue weighted by atomic mass is 9.94. The van der Waals surface area contributed by atoms with Crippen molar-refractivity contribution in [2.24, 2.45) is 5.92 Å². The van der Waals surface area contributed by atoms with E-state index < -0.39 is 26.8 Å². The number of carbonyl (C=O) groups is 1. The van der Waals surface area contributed by atoms with Crippen molar-refractivity contribution in [3.8, 4) is 0 Å². The van der Waals surface area contributed by atoms with Gasteiger partial charge in [-0.05, 0) is 38.0 Å². The molecule has 8 heteroatoms. The third-order valence-electron chi connectivity index (χ3n) is 3.70. The highest BCUT2D eigenvalue weighted by atomic mass is 32.2. The minimum Gasteiger partial charge on any atom is -0.743 e. The van der Waals surface area contributed by atoms with Gasteiger partial charge in [0.15, 0.2) is 10.1 Å². The fraction of sp³-hybridized carbons (Fsp3) is 0.889. The van der Waals surface area contributed by atoms with Crippen LogP contribution >= 0.6 is 0 Å². The quantitative estimate of drug-likeness (QED) is 0.758. The molecule has 2 fully saturated rings. The number of carbonyl (C=O) groups excluding carboxylic acids is 1. The maximum atomic E-state index is 13.0. The molecule has 17 heavy (non-hydrogen) atoms. The second kappa shape index (κ2) is 3.61. The van der Waals surface area contributed by atoms with Crippen molar-refractivity contribution < 1.29 is 26.5 Å². The largest absolute Gasteiger partial charge is 0.743 e. The van der Waals surface area contributed by atoms with E-state index in [0.717, 1.165) is 12.8 Å². The molecule has 0 aromatic heterocycles. The molecular weight excluding hydrogens is 256 g/mol. The van der Waals surface area contributed by atoms with Gasteiger partial charge in [0.05, 0.1) is 0 Å². The van der Waals surface area contributed by atoms with Gasteiger partial charge >= 0.3 is 11.2 Å². The first kappa shape index (κ1) is 12.7. The Morgan fingerprint density at radius 1 is 1.35 bits per heavy atom. The van der Waals surface area contributed by atoms with Crippen LogP contribution in [0.2, 0.25) is 0 Å². The minimum absolute atomic E-state index is 0.410. The van der Waals surface area contributed by atoms with Gasteiger partial charge in [-0.25, -0.2) is 8.42 Å². The van der Waals surface area contributed by atoms with Crippen LogP contribution in [0.15, 0.2) is 0 Å². The molecular formula is C9H12F2NO4S-. The molecule has 98 valence electrons. The number of amides is 1. The third-order valence-corrected chi connectivity index (χ3v) is 4.51. The molecule has 2 aliphatic carbocycles. The summed E-state index contributed by atoms with van der Waals surface area (Å²) >= 11 is 0. The van der Waals surface area contributed by atoms with Crippen molar-refractivity contribution in [2.75, 3.05) is 0 Å². The van der Waals surface area contributed by atoms with Crippen LogP contribution in [0.4, 0.5) is 8.78 Å². The number of alkyl halides is 2. The van der Waals surface area contributed by atoms with Gasteiger partial charge < -0.3 is 9.87 Å². The zero-order chi connectivity index (χ0) is 12.9. The summed E-state index contributed by atoms with van der Waals surface area (Å²) in [4.78, 5) is 11.2. The number of hydrogen-bond acceptors (Lipinski definition) is 4. The SMILES string of the molecule is O=C(NC12CCC(CC1)C2)C(F)(F)S(=O)(=O)[O-]. The van der Waals surface area contributed by atoms with Crippen molar-refractivity contribution >= 4 is 16.0 Å². The van der Waals surface area contributed by atoms with Crippen LogP contribution in [0.1, 0.15) is 32.1 Å².